The number of anilines is 2. The molecule has 3 aliphatic rings. The third-order valence-electron chi connectivity index (χ3n) is 5.48. The first kappa shape index (κ1) is 19.9. The molecular formula is C22H21N3O5S. The third kappa shape index (κ3) is 3.86. The smallest absolute Gasteiger partial charge is 0.265 e. The van der Waals surface area contributed by atoms with Crippen LogP contribution in [-0.2, 0) is 14.3 Å². The number of nitrogens with zero attached hydrogens (tertiary/aromatic N) is 2. The minimum absolute atomic E-state index is 0.0880. The number of hydrogen-bond donors (Lipinski definition) is 1. The lowest BCUT2D eigenvalue weighted by atomic mass is 10.1. The van der Waals surface area contributed by atoms with Gasteiger partial charge in [0.05, 0.1) is 36.9 Å². The van der Waals surface area contributed by atoms with Crippen LogP contribution in [0.15, 0.2) is 47.4 Å². The molecule has 1 N–H and O–H groups in total. The van der Waals surface area contributed by atoms with E-state index in [1.807, 2.05) is 18.2 Å². The maximum atomic E-state index is 13.5. The first-order valence-corrected chi connectivity index (χ1v) is 11.1. The Morgan fingerprint density at radius 2 is 1.90 bits per heavy atom. The summed E-state index contributed by atoms with van der Waals surface area (Å²) in [7, 11) is 0. The van der Waals surface area contributed by atoms with Crippen LogP contribution in [0.3, 0.4) is 0 Å². The van der Waals surface area contributed by atoms with Crippen molar-refractivity contribution in [3.05, 3.63) is 48.0 Å². The standard InChI is InChI=1S/C22H21N3O5S/c26-20-13-31-19-6-5-14(11-15(19)23-20)21(27)25-12-18(22(28)24-7-9-29-10-8-24)30-17-4-2-1-3-16(17)25/h1-6,11,18H,7-10,12-13H2,(H,23,26)/t18-/m0/s1. The van der Waals surface area contributed by atoms with Gasteiger partial charge in [0, 0.05) is 23.5 Å². The summed E-state index contributed by atoms with van der Waals surface area (Å²) in [4.78, 5) is 42.5. The monoisotopic (exact) mass is 439 g/mol. The number of thioether (sulfide) groups is 1. The predicted octanol–water partition coefficient (Wildman–Crippen LogP) is 2.00. The lowest BCUT2D eigenvalue weighted by Crippen LogP contribution is -2.54. The summed E-state index contributed by atoms with van der Waals surface area (Å²) in [5.74, 6) is 0.376. The molecule has 0 saturated carbocycles. The van der Waals surface area contributed by atoms with Crippen LogP contribution in [-0.4, -0.2) is 67.3 Å². The number of para-hydroxylation sites is 2. The SMILES string of the molecule is O=C1CSc2ccc(C(=O)N3C[C@@H](C(=O)N4CCOCC4)Oc4ccccc43)cc2N1. The molecule has 2 aromatic carbocycles. The number of carbonyl (C=O) groups is 3. The minimum atomic E-state index is -0.787. The number of fused-ring (bicyclic) bond motifs is 2. The van der Waals surface area contributed by atoms with Crippen molar-refractivity contribution < 1.29 is 23.9 Å². The fourth-order valence-electron chi connectivity index (χ4n) is 3.91. The van der Waals surface area contributed by atoms with Crippen LogP contribution < -0.4 is 15.0 Å². The van der Waals surface area contributed by atoms with Crippen molar-refractivity contribution in [2.24, 2.45) is 0 Å². The van der Waals surface area contributed by atoms with Crippen molar-refractivity contribution in [1.82, 2.24) is 4.90 Å². The van der Waals surface area contributed by atoms with E-state index in [1.54, 1.807) is 34.1 Å². The normalized spacial score (nSPS) is 20.3. The third-order valence-corrected chi connectivity index (χ3v) is 6.55. The Hall–Kier alpha value is -3.04. The van der Waals surface area contributed by atoms with E-state index in [0.29, 0.717) is 54.7 Å². The molecule has 2 aromatic rings. The molecule has 5 rings (SSSR count). The van der Waals surface area contributed by atoms with Crippen LogP contribution >= 0.6 is 11.8 Å². The molecule has 0 spiro atoms. The van der Waals surface area contributed by atoms with Gasteiger partial charge in [0.1, 0.15) is 5.75 Å². The average Bonchev–Trinajstić information content (AvgIpc) is 2.82. The fraction of sp³-hybridized carbons (Fsp3) is 0.318. The zero-order valence-electron chi connectivity index (χ0n) is 16.7. The van der Waals surface area contributed by atoms with Crippen LogP contribution in [0.4, 0.5) is 11.4 Å². The Morgan fingerprint density at radius 1 is 1.10 bits per heavy atom. The summed E-state index contributed by atoms with van der Waals surface area (Å²) in [6.45, 7) is 2.13. The maximum absolute atomic E-state index is 13.5. The summed E-state index contributed by atoms with van der Waals surface area (Å²) in [5, 5.41) is 2.82. The van der Waals surface area contributed by atoms with Crippen molar-refractivity contribution in [2.45, 2.75) is 11.0 Å². The van der Waals surface area contributed by atoms with Gasteiger partial charge < -0.3 is 24.6 Å². The highest BCUT2D eigenvalue weighted by molar-refractivity contribution is 8.00. The molecular weight excluding hydrogens is 418 g/mol. The quantitative estimate of drug-likeness (QED) is 0.770. The molecule has 8 nitrogen and oxygen atoms in total. The Morgan fingerprint density at radius 3 is 2.74 bits per heavy atom. The second-order valence-electron chi connectivity index (χ2n) is 7.48. The van der Waals surface area contributed by atoms with Gasteiger partial charge in [0.15, 0.2) is 6.10 Å². The number of hydrogen-bond acceptors (Lipinski definition) is 6. The topological polar surface area (TPSA) is 88.2 Å². The van der Waals surface area contributed by atoms with E-state index in [1.165, 1.54) is 11.8 Å². The van der Waals surface area contributed by atoms with Crippen LogP contribution in [0, 0.1) is 0 Å². The van der Waals surface area contributed by atoms with Crippen LogP contribution in [0.5, 0.6) is 5.75 Å². The maximum Gasteiger partial charge on any atom is 0.265 e. The van der Waals surface area contributed by atoms with Crippen LogP contribution in [0.25, 0.3) is 0 Å². The van der Waals surface area contributed by atoms with Crippen LogP contribution in [0.1, 0.15) is 10.4 Å². The van der Waals surface area contributed by atoms with Crippen molar-refractivity contribution >= 4 is 40.9 Å². The number of amides is 3. The number of benzene rings is 2. The predicted molar refractivity (Wildman–Crippen MR) is 116 cm³/mol. The largest absolute Gasteiger partial charge is 0.476 e. The van der Waals surface area contributed by atoms with Gasteiger partial charge >= 0.3 is 0 Å². The van der Waals surface area contributed by atoms with Gasteiger partial charge in [-0.3, -0.25) is 14.4 Å². The number of ether oxygens (including phenoxy) is 2. The van der Waals surface area contributed by atoms with Crippen molar-refractivity contribution in [1.29, 1.82) is 0 Å². The first-order valence-electron chi connectivity index (χ1n) is 10.1. The number of carbonyl (C=O) groups excluding carboxylic acids is 3. The summed E-state index contributed by atoms with van der Waals surface area (Å²) in [6.07, 6.45) is -0.787. The van der Waals surface area contributed by atoms with E-state index in [-0.39, 0.29) is 24.3 Å². The van der Waals surface area contributed by atoms with E-state index in [9.17, 15) is 14.4 Å². The molecule has 31 heavy (non-hydrogen) atoms. The first-order chi connectivity index (χ1) is 15.1. The summed E-state index contributed by atoms with van der Waals surface area (Å²) < 4.78 is 11.3. The van der Waals surface area contributed by atoms with Crippen molar-refractivity contribution in [3.8, 4) is 5.75 Å². The van der Waals surface area contributed by atoms with Crippen molar-refractivity contribution in [3.63, 3.8) is 0 Å². The molecule has 3 aliphatic heterocycles. The van der Waals surface area contributed by atoms with Gasteiger partial charge in [-0.1, -0.05) is 12.1 Å². The molecule has 0 aliphatic carbocycles. The van der Waals surface area contributed by atoms with Gasteiger partial charge in [-0.05, 0) is 30.3 Å². The number of nitrogens with one attached hydrogen (secondary N) is 1. The zero-order valence-corrected chi connectivity index (χ0v) is 17.5. The average molecular weight is 439 g/mol. The summed E-state index contributed by atoms with van der Waals surface area (Å²) >= 11 is 1.44. The lowest BCUT2D eigenvalue weighted by Gasteiger charge is -2.37. The number of rotatable bonds is 2. The molecule has 9 heteroatoms. The highest BCUT2D eigenvalue weighted by Gasteiger charge is 2.37. The van der Waals surface area contributed by atoms with Gasteiger partial charge in [-0.25, -0.2) is 0 Å². The Kier molecular flexibility index (Phi) is 5.29. The molecule has 3 heterocycles. The molecule has 1 atom stereocenters. The number of morpholine rings is 1. The molecule has 3 amide bonds. The van der Waals surface area contributed by atoms with E-state index < -0.39 is 6.10 Å². The van der Waals surface area contributed by atoms with E-state index in [4.69, 9.17) is 9.47 Å². The van der Waals surface area contributed by atoms with Gasteiger partial charge in [0.2, 0.25) is 5.91 Å². The summed E-state index contributed by atoms with van der Waals surface area (Å²) in [5.41, 5.74) is 1.69. The minimum Gasteiger partial charge on any atom is -0.476 e. The highest BCUT2D eigenvalue weighted by atomic mass is 32.2. The van der Waals surface area contributed by atoms with E-state index in [2.05, 4.69) is 5.32 Å². The Bertz CT molecular complexity index is 1050. The van der Waals surface area contributed by atoms with Crippen LogP contribution in [0.2, 0.25) is 0 Å². The van der Waals surface area contributed by atoms with Gasteiger partial charge in [-0.15, -0.1) is 11.8 Å². The molecule has 0 aromatic heterocycles. The van der Waals surface area contributed by atoms with E-state index >= 15 is 0 Å². The molecule has 0 bridgehead atoms. The van der Waals surface area contributed by atoms with Gasteiger partial charge in [-0.2, -0.15) is 0 Å². The highest BCUT2D eigenvalue weighted by Crippen LogP contribution is 2.36. The molecule has 1 saturated heterocycles. The van der Waals surface area contributed by atoms with E-state index in [0.717, 1.165) is 4.90 Å². The lowest BCUT2D eigenvalue weighted by molar-refractivity contribution is -0.142. The van der Waals surface area contributed by atoms with Gasteiger partial charge in [0.25, 0.3) is 11.8 Å². The van der Waals surface area contributed by atoms with Crippen molar-refractivity contribution in [2.75, 3.05) is 48.8 Å². The summed E-state index contributed by atoms with van der Waals surface area (Å²) in [6, 6.07) is 12.5. The fourth-order valence-corrected chi connectivity index (χ4v) is 4.70. The molecule has 160 valence electrons. The molecule has 1 fully saturated rings. The molecule has 0 unspecified atom stereocenters. The second kappa shape index (κ2) is 8.24. The Labute approximate surface area is 183 Å². The Balaban J connectivity index is 1.44. The molecule has 0 radical (unpaired) electrons. The zero-order chi connectivity index (χ0) is 21.4. The second-order valence-corrected chi connectivity index (χ2v) is 8.49.